The summed E-state index contributed by atoms with van der Waals surface area (Å²) in [5.41, 5.74) is 6.81. The normalized spacial score (nSPS) is 10.3. The standard InChI is InChI=1S/C18H18ClNO4/c1-3-23-16-6-4-12(11(2)21)8-13(16)10-24-17-7-5-14(19)9-15(17)18(20)22/h4-9H,3,10H2,1-2H3,(H2,20,22). The molecule has 2 aromatic rings. The van der Waals surface area contributed by atoms with E-state index in [1.54, 1.807) is 30.3 Å². The van der Waals surface area contributed by atoms with Gasteiger partial charge in [-0.05, 0) is 50.2 Å². The predicted octanol–water partition coefficient (Wildman–Crippen LogP) is 3.62. The molecule has 126 valence electrons. The first kappa shape index (κ1) is 17.8. The van der Waals surface area contributed by atoms with Crippen molar-refractivity contribution in [3.63, 3.8) is 0 Å². The van der Waals surface area contributed by atoms with E-state index in [-0.39, 0.29) is 18.0 Å². The van der Waals surface area contributed by atoms with Crippen LogP contribution in [-0.4, -0.2) is 18.3 Å². The summed E-state index contributed by atoms with van der Waals surface area (Å²) in [5, 5.41) is 0.393. The first-order valence-corrected chi connectivity index (χ1v) is 7.79. The molecule has 24 heavy (non-hydrogen) atoms. The predicted molar refractivity (Wildman–Crippen MR) is 91.9 cm³/mol. The average molecular weight is 348 g/mol. The van der Waals surface area contributed by atoms with Crippen LogP contribution in [0.3, 0.4) is 0 Å². The molecule has 0 aliphatic rings. The van der Waals surface area contributed by atoms with Gasteiger partial charge in [0.25, 0.3) is 5.91 Å². The van der Waals surface area contributed by atoms with E-state index < -0.39 is 5.91 Å². The molecule has 0 saturated carbocycles. The summed E-state index contributed by atoms with van der Waals surface area (Å²) in [7, 11) is 0. The van der Waals surface area contributed by atoms with Crippen molar-refractivity contribution >= 4 is 23.3 Å². The minimum Gasteiger partial charge on any atom is -0.493 e. The van der Waals surface area contributed by atoms with Gasteiger partial charge in [-0.3, -0.25) is 9.59 Å². The number of Topliss-reactive ketones (excluding diaryl/α,β-unsaturated/α-hetero) is 1. The number of ether oxygens (including phenoxy) is 2. The summed E-state index contributed by atoms with van der Waals surface area (Å²) in [6.07, 6.45) is 0. The molecule has 2 aromatic carbocycles. The lowest BCUT2D eigenvalue weighted by molar-refractivity contribution is 0.0993. The van der Waals surface area contributed by atoms with Gasteiger partial charge in [0.1, 0.15) is 18.1 Å². The number of carbonyl (C=O) groups is 2. The molecule has 0 saturated heterocycles. The van der Waals surface area contributed by atoms with Crippen LogP contribution in [-0.2, 0) is 6.61 Å². The molecule has 0 aliphatic carbocycles. The molecule has 0 aliphatic heterocycles. The lowest BCUT2D eigenvalue weighted by atomic mass is 10.1. The van der Waals surface area contributed by atoms with Gasteiger partial charge in [0, 0.05) is 16.1 Å². The maximum Gasteiger partial charge on any atom is 0.252 e. The van der Waals surface area contributed by atoms with Crippen molar-refractivity contribution in [1.29, 1.82) is 0 Å². The fraction of sp³-hybridized carbons (Fsp3) is 0.222. The van der Waals surface area contributed by atoms with Crippen LogP contribution >= 0.6 is 11.6 Å². The second-order valence-corrected chi connectivity index (χ2v) is 5.54. The van der Waals surface area contributed by atoms with Crippen LogP contribution in [0.1, 0.15) is 40.1 Å². The number of halogens is 1. The SMILES string of the molecule is CCOc1ccc(C(C)=O)cc1COc1ccc(Cl)cc1C(N)=O. The van der Waals surface area contributed by atoms with Crippen LogP contribution in [0.4, 0.5) is 0 Å². The first-order chi connectivity index (χ1) is 11.4. The van der Waals surface area contributed by atoms with Crippen LogP contribution in [0.5, 0.6) is 11.5 Å². The topological polar surface area (TPSA) is 78.6 Å². The Morgan fingerprint density at radius 1 is 1.08 bits per heavy atom. The molecule has 0 atom stereocenters. The Morgan fingerprint density at radius 2 is 1.79 bits per heavy atom. The van der Waals surface area contributed by atoms with Crippen molar-refractivity contribution in [2.45, 2.75) is 20.5 Å². The zero-order valence-corrected chi connectivity index (χ0v) is 14.2. The van der Waals surface area contributed by atoms with Crippen molar-refractivity contribution < 1.29 is 19.1 Å². The summed E-state index contributed by atoms with van der Waals surface area (Å²) >= 11 is 5.88. The first-order valence-electron chi connectivity index (χ1n) is 7.41. The Hall–Kier alpha value is -2.53. The number of hydrogen-bond donors (Lipinski definition) is 1. The molecule has 0 spiro atoms. The summed E-state index contributed by atoms with van der Waals surface area (Å²) in [6.45, 7) is 3.97. The fourth-order valence-electron chi connectivity index (χ4n) is 2.18. The lowest BCUT2D eigenvalue weighted by Gasteiger charge is -2.14. The van der Waals surface area contributed by atoms with Gasteiger partial charge in [-0.15, -0.1) is 0 Å². The molecular formula is C18H18ClNO4. The molecule has 2 rings (SSSR count). The van der Waals surface area contributed by atoms with Crippen molar-refractivity contribution in [2.75, 3.05) is 6.61 Å². The highest BCUT2D eigenvalue weighted by Gasteiger charge is 2.13. The Bertz CT molecular complexity index is 774. The van der Waals surface area contributed by atoms with Crippen molar-refractivity contribution in [2.24, 2.45) is 5.73 Å². The second-order valence-electron chi connectivity index (χ2n) is 5.11. The van der Waals surface area contributed by atoms with Crippen LogP contribution < -0.4 is 15.2 Å². The minimum atomic E-state index is -0.630. The van der Waals surface area contributed by atoms with E-state index in [0.29, 0.717) is 34.3 Å². The molecule has 1 amide bonds. The highest BCUT2D eigenvalue weighted by Crippen LogP contribution is 2.26. The van der Waals surface area contributed by atoms with E-state index in [1.165, 1.54) is 13.0 Å². The molecule has 6 heteroatoms. The maximum atomic E-state index is 11.6. The van der Waals surface area contributed by atoms with Gasteiger partial charge in [0.05, 0.1) is 12.2 Å². The van der Waals surface area contributed by atoms with Crippen molar-refractivity contribution in [3.05, 3.63) is 58.1 Å². The third kappa shape index (κ3) is 4.26. The number of primary amides is 1. The van der Waals surface area contributed by atoms with Crippen LogP contribution in [0.25, 0.3) is 0 Å². The monoisotopic (exact) mass is 347 g/mol. The zero-order chi connectivity index (χ0) is 17.7. The van der Waals surface area contributed by atoms with E-state index in [9.17, 15) is 9.59 Å². The fourth-order valence-corrected chi connectivity index (χ4v) is 2.36. The van der Waals surface area contributed by atoms with Crippen LogP contribution in [0.15, 0.2) is 36.4 Å². The smallest absolute Gasteiger partial charge is 0.252 e. The summed E-state index contributed by atoms with van der Waals surface area (Å²) in [5.74, 6) is 0.262. The summed E-state index contributed by atoms with van der Waals surface area (Å²) in [4.78, 5) is 23.1. The third-order valence-corrected chi connectivity index (χ3v) is 3.59. The number of benzene rings is 2. The quantitative estimate of drug-likeness (QED) is 0.776. The Kier molecular flexibility index (Phi) is 5.82. The number of hydrogen-bond acceptors (Lipinski definition) is 4. The number of carbonyl (C=O) groups excluding carboxylic acids is 2. The Labute approximate surface area is 145 Å². The third-order valence-electron chi connectivity index (χ3n) is 3.36. The zero-order valence-electron chi connectivity index (χ0n) is 13.5. The van der Waals surface area contributed by atoms with E-state index >= 15 is 0 Å². The lowest BCUT2D eigenvalue weighted by Crippen LogP contribution is -2.13. The molecular weight excluding hydrogens is 330 g/mol. The molecule has 0 fully saturated rings. The van der Waals surface area contributed by atoms with Gasteiger partial charge in [-0.25, -0.2) is 0 Å². The second kappa shape index (κ2) is 7.84. The van der Waals surface area contributed by atoms with Crippen LogP contribution in [0, 0.1) is 0 Å². The van der Waals surface area contributed by atoms with Gasteiger partial charge >= 0.3 is 0 Å². The molecule has 0 bridgehead atoms. The van der Waals surface area contributed by atoms with Gasteiger partial charge in [-0.1, -0.05) is 11.6 Å². The molecule has 5 nitrogen and oxygen atoms in total. The molecule has 0 unspecified atom stereocenters. The molecule has 0 heterocycles. The number of nitrogens with two attached hydrogens (primary N) is 1. The summed E-state index contributed by atoms with van der Waals surface area (Å²) < 4.78 is 11.3. The highest BCUT2D eigenvalue weighted by atomic mass is 35.5. The number of rotatable bonds is 7. The Balaban J connectivity index is 2.29. The Morgan fingerprint density at radius 3 is 2.42 bits per heavy atom. The van der Waals surface area contributed by atoms with E-state index in [2.05, 4.69) is 0 Å². The highest BCUT2D eigenvalue weighted by molar-refractivity contribution is 6.31. The van der Waals surface area contributed by atoms with Crippen LogP contribution in [0.2, 0.25) is 5.02 Å². The molecule has 0 aromatic heterocycles. The van der Waals surface area contributed by atoms with Gasteiger partial charge in [-0.2, -0.15) is 0 Å². The van der Waals surface area contributed by atoms with Gasteiger partial charge < -0.3 is 15.2 Å². The van der Waals surface area contributed by atoms with E-state index in [1.807, 2.05) is 6.92 Å². The van der Waals surface area contributed by atoms with Crippen molar-refractivity contribution in [1.82, 2.24) is 0 Å². The van der Waals surface area contributed by atoms with Crippen molar-refractivity contribution in [3.8, 4) is 11.5 Å². The minimum absolute atomic E-state index is 0.0522. The van der Waals surface area contributed by atoms with Gasteiger partial charge in [0.15, 0.2) is 5.78 Å². The number of amides is 1. The van der Waals surface area contributed by atoms with Gasteiger partial charge in [0.2, 0.25) is 0 Å². The van der Waals surface area contributed by atoms with E-state index in [0.717, 1.165) is 0 Å². The molecule has 2 N–H and O–H groups in total. The molecule has 0 radical (unpaired) electrons. The summed E-state index contributed by atoms with van der Waals surface area (Å²) in [6, 6.07) is 9.79. The maximum absolute atomic E-state index is 11.6. The average Bonchev–Trinajstić information content (AvgIpc) is 2.54. The number of ketones is 1. The van der Waals surface area contributed by atoms with E-state index in [4.69, 9.17) is 26.8 Å². The largest absolute Gasteiger partial charge is 0.493 e.